The molecule has 2 fully saturated rings. The molecule has 0 aliphatic carbocycles. The second-order valence-electron chi connectivity index (χ2n) is 5.69. The van der Waals surface area contributed by atoms with E-state index >= 15 is 0 Å². The number of hydrogen-bond donors (Lipinski definition) is 0. The number of carbonyl (C=O) groups excluding carboxylic acids is 2. The molecule has 0 spiro atoms. The fourth-order valence-electron chi connectivity index (χ4n) is 3.08. The van der Waals surface area contributed by atoms with E-state index in [1.165, 1.54) is 9.21 Å². The van der Waals surface area contributed by atoms with Crippen LogP contribution >= 0.6 is 58.9 Å². The van der Waals surface area contributed by atoms with Gasteiger partial charge in [0.05, 0.1) is 28.4 Å². The van der Waals surface area contributed by atoms with Crippen LogP contribution in [0.25, 0.3) is 0 Å². The van der Waals surface area contributed by atoms with Crippen molar-refractivity contribution in [2.75, 3.05) is 26.2 Å². The molecular weight excluding hydrogens is 565 g/mol. The Morgan fingerprint density at radius 3 is 3.00 bits per heavy atom. The Morgan fingerprint density at radius 1 is 1.43 bits per heavy atom. The maximum absolute atomic E-state index is 12.5. The summed E-state index contributed by atoms with van der Waals surface area (Å²) in [4.78, 5) is 28.2. The van der Waals surface area contributed by atoms with Gasteiger partial charge in [-0.1, -0.05) is 0 Å². The van der Waals surface area contributed by atoms with Gasteiger partial charge in [0.1, 0.15) is 6.54 Å². The Bertz CT molecular complexity index is 421. The number of hydrogen-bond acceptors (Lipinski definition) is 5. The third kappa shape index (κ3) is 6.40. The van der Waals surface area contributed by atoms with Crippen LogP contribution in [0.2, 0.25) is 0 Å². The second kappa shape index (κ2) is 10.9. The van der Waals surface area contributed by atoms with Crippen molar-refractivity contribution in [3.05, 3.63) is 0 Å². The molecule has 0 radical (unpaired) electrons. The molecule has 3 unspecified atom stereocenters. The average molecular weight is 586 g/mol. The van der Waals surface area contributed by atoms with Gasteiger partial charge in [0.15, 0.2) is 0 Å². The van der Waals surface area contributed by atoms with Crippen LogP contribution in [0.15, 0.2) is 0 Å². The van der Waals surface area contributed by atoms with Crippen molar-refractivity contribution in [3.63, 3.8) is 0 Å². The molecular formula is C13H21I2N2O4PS. The lowest BCUT2D eigenvalue weighted by Crippen LogP contribution is -2.43. The number of nitrogens with zero attached hydrogens (tertiary/aromatic N) is 2. The average Bonchev–Trinajstić information content (AvgIpc) is 3.13. The molecule has 3 atom stereocenters. The summed E-state index contributed by atoms with van der Waals surface area (Å²) >= 11 is 4.30. The summed E-state index contributed by atoms with van der Waals surface area (Å²) in [7, 11) is 1.33. The highest BCUT2D eigenvalue weighted by molar-refractivity contribution is 14.2. The van der Waals surface area contributed by atoms with Crippen LogP contribution in [0.3, 0.4) is 0 Å². The summed E-state index contributed by atoms with van der Waals surface area (Å²) in [5.74, 6) is 0.153. The van der Waals surface area contributed by atoms with Crippen LogP contribution in [0.5, 0.6) is 0 Å². The highest BCUT2D eigenvalue weighted by atomic mass is 127. The van der Waals surface area contributed by atoms with Crippen molar-refractivity contribution in [2.24, 2.45) is 0 Å². The summed E-state index contributed by atoms with van der Waals surface area (Å²) in [6.45, 7) is 2.71. The minimum Gasteiger partial charge on any atom is -0.347 e. The van der Waals surface area contributed by atoms with Crippen LogP contribution < -0.4 is 0 Å². The second-order valence-corrected chi connectivity index (χ2v) is 8.84. The van der Waals surface area contributed by atoms with Crippen LogP contribution in [0, 0.1) is 0 Å². The maximum Gasteiger partial charge on any atom is 0.242 e. The van der Waals surface area contributed by atoms with Gasteiger partial charge in [0.25, 0.3) is 0 Å². The summed E-state index contributed by atoms with van der Waals surface area (Å²) in [6.07, 6.45) is 4.27. The van der Waals surface area contributed by atoms with Gasteiger partial charge < -0.3 is 18.5 Å². The SMILES string of the molecule is O=C(CN1C(=O)CCC1CCCOSI)N1CCC(OPI)C1. The molecule has 6 nitrogen and oxygen atoms in total. The van der Waals surface area contributed by atoms with E-state index in [1.54, 1.807) is 4.90 Å². The molecule has 2 aliphatic heterocycles. The van der Waals surface area contributed by atoms with E-state index in [0.29, 0.717) is 26.0 Å². The van der Waals surface area contributed by atoms with E-state index in [4.69, 9.17) is 8.71 Å². The highest BCUT2D eigenvalue weighted by Gasteiger charge is 2.34. The van der Waals surface area contributed by atoms with Gasteiger partial charge in [-0.3, -0.25) is 9.59 Å². The third-order valence-electron chi connectivity index (χ3n) is 4.28. The number of halogens is 2. The first-order valence-corrected chi connectivity index (χ1v) is 14.9. The monoisotopic (exact) mass is 586 g/mol. The normalized spacial score (nSPS) is 25.2. The van der Waals surface area contributed by atoms with E-state index in [9.17, 15) is 9.59 Å². The molecule has 0 aromatic rings. The molecule has 10 heteroatoms. The van der Waals surface area contributed by atoms with Gasteiger partial charge in [0, 0.05) is 46.8 Å². The maximum atomic E-state index is 12.5. The number of amides is 2. The molecule has 0 bridgehead atoms. The lowest BCUT2D eigenvalue weighted by Gasteiger charge is -2.26. The van der Waals surface area contributed by atoms with Gasteiger partial charge in [0.2, 0.25) is 11.8 Å². The summed E-state index contributed by atoms with van der Waals surface area (Å²) in [6, 6.07) is 0.180. The molecule has 23 heavy (non-hydrogen) atoms. The van der Waals surface area contributed by atoms with E-state index < -0.39 is 0 Å². The van der Waals surface area contributed by atoms with Crippen molar-refractivity contribution in [2.45, 2.75) is 44.2 Å². The molecule has 2 rings (SSSR count). The fourth-order valence-corrected chi connectivity index (χ4v) is 5.20. The lowest BCUT2D eigenvalue weighted by atomic mass is 10.1. The largest absolute Gasteiger partial charge is 0.347 e. The Hall–Kier alpha value is 1.10. The zero-order valence-electron chi connectivity index (χ0n) is 12.7. The molecule has 2 amide bonds. The van der Waals surface area contributed by atoms with Crippen molar-refractivity contribution in [3.8, 4) is 0 Å². The molecule has 0 N–H and O–H groups in total. The van der Waals surface area contributed by atoms with Crippen molar-refractivity contribution < 1.29 is 18.3 Å². The Kier molecular flexibility index (Phi) is 9.72. The third-order valence-corrected chi connectivity index (χ3v) is 6.48. The molecule has 0 saturated carbocycles. The van der Waals surface area contributed by atoms with Crippen LogP contribution in [-0.2, 0) is 18.3 Å². The first kappa shape index (κ1) is 20.4. The van der Waals surface area contributed by atoms with Crippen molar-refractivity contribution in [1.29, 1.82) is 0 Å². The van der Waals surface area contributed by atoms with Gasteiger partial charge in [-0.05, 0) is 47.7 Å². The molecule has 132 valence electrons. The molecule has 0 aromatic heterocycles. The number of rotatable bonds is 9. The Balaban J connectivity index is 1.79. The van der Waals surface area contributed by atoms with E-state index in [1.807, 2.05) is 4.90 Å². The lowest BCUT2D eigenvalue weighted by molar-refractivity contribution is -0.139. The Labute approximate surface area is 168 Å². The number of likely N-dealkylation sites (tertiary alicyclic amines) is 2. The zero-order valence-corrected chi connectivity index (χ0v) is 18.8. The van der Waals surface area contributed by atoms with Crippen LogP contribution in [0.1, 0.15) is 32.1 Å². The van der Waals surface area contributed by atoms with E-state index in [2.05, 4.69) is 43.2 Å². The van der Waals surface area contributed by atoms with Crippen LogP contribution in [0.4, 0.5) is 0 Å². The fraction of sp³-hybridized carbons (Fsp3) is 0.846. The minimum atomic E-state index is 0.0483. The molecule has 2 saturated heterocycles. The predicted octanol–water partition coefficient (Wildman–Crippen LogP) is 3.33. The zero-order chi connectivity index (χ0) is 16.7. The molecule has 0 aromatic carbocycles. The minimum absolute atomic E-state index is 0.0483. The smallest absolute Gasteiger partial charge is 0.242 e. The first-order chi connectivity index (χ1) is 11.2. The quantitative estimate of drug-likeness (QED) is 0.180. The summed E-state index contributed by atoms with van der Waals surface area (Å²) < 4.78 is 10.9. The molecule has 2 heterocycles. The first-order valence-electron chi connectivity index (χ1n) is 7.64. The van der Waals surface area contributed by atoms with Gasteiger partial charge >= 0.3 is 0 Å². The topological polar surface area (TPSA) is 59.1 Å². The van der Waals surface area contributed by atoms with Crippen molar-refractivity contribution in [1.82, 2.24) is 9.80 Å². The van der Waals surface area contributed by atoms with E-state index in [-0.39, 0.29) is 30.5 Å². The summed E-state index contributed by atoms with van der Waals surface area (Å²) in [5, 5.41) is 0. The van der Waals surface area contributed by atoms with E-state index in [0.717, 1.165) is 32.2 Å². The Morgan fingerprint density at radius 2 is 2.26 bits per heavy atom. The number of carbonyl (C=O) groups is 2. The van der Waals surface area contributed by atoms with Gasteiger partial charge in [-0.25, -0.2) is 0 Å². The highest BCUT2D eigenvalue weighted by Crippen LogP contribution is 2.29. The van der Waals surface area contributed by atoms with Gasteiger partial charge in [-0.2, -0.15) is 0 Å². The standard InChI is InChI=1S/C13H21I2N2O4PS/c14-22-21-11-5-6-16(8-11)13(19)9-17-10(3-4-12(17)18)2-1-7-20-23-15/h10-11,22H,1-9H2. The predicted molar refractivity (Wildman–Crippen MR) is 110 cm³/mol. The van der Waals surface area contributed by atoms with Gasteiger partial charge in [-0.15, -0.1) is 0 Å². The summed E-state index contributed by atoms with van der Waals surface area (Å²) in [5.41, 5.74) is 0. The van der Waals surface area contributed by atoms with Crippen molar-refractivity contribution >= 4 is 70.7 Å². The molecule has 2 aliphatic rings. The van der Waals surface area contributed by atoms with Crippen LogP contribution in [-0.4, -0.2) is 60.0 Å².